The third-order valence-corrected chi connectivity index (χ3v) is 5.89. The lowest BCUT2D eigenvalue weighted by Gasteiger charge is -2.39. The van der Waals surface area contributed by atoms with Crippen LogP contribution in [0.15, 0.2) is 29.4 Å². The van der Waals surface area contributed by atoms with Crippen LogP contribution >= 0.6 is 23.4 Å². The lowest BCUT2D eigenvalue weighted by Crippen LogP contribution is -2.50. The first-order valence-electron chi connectivity index (χ1n) is 8.72. The Labute approximate surface area is 163 Å². The molecule has 1 aliphatic rings. The number of hydrogen-bond acceptors (Lipinski definition) is 5. The predicted molar refractivity (Wildman–Crippen MR) is 105 cm³/mol. The molecule has 1 N–H and O–H groups in total. The molecule has 2 aromatic rings. The topological polar surface area (TPSA) is 63.1 Å². The number of thioether (sulfide) groups is 1. The standard InChI is InChI=1S/C18H24ClN5OS/c1-10(2)23(11(3)4)17(25)16-15(13-6-8-14(19)9-7-13)22-24-12(5)20-21-18(24)26-16/h6-11,15-16,22H,1-5H3/t15-,16-/m0/s1. The zero-order valence-corrected chi connectivity index (χ0v) is 17.2. The second-order valence-electron chi connectivity index (χ2n) is 6.99. The van der Waals surface area contributed by atoms with E-state index in [0.29, 0.717) is 10.2 Å². The zero-order chi connectivity index (χ0) is 19.0. The Morgan fingerprint density at radius 3 is 2.38 bits per heavy atom. The molecule has 0 spiro atoms. The van der Waals surface area contributed by atoms with Crippen molar-refractivity contribution in [3.05, 3.63) is 40.7 Å². The first-order chi connectivity index (χ1) is 12.3. The summed E-state index contributed by atoms with van der Waals surface area (Å²) < 4.78 is 1.85. The van der Waals surface area contributed by atoms with Crippen molar-refractivity contribution < 1.29 is 4.79 Å². The van der Waals surface area contributed by atoms with Crippen LogP contribution in [0.5, 0.6) is 0 Å². The van der Waals surface area contributed by atoms with Crippen molar-refractivity contribution in [1.29, 1.82) is 0 Å². The minimum atomic E-state index is -0.336. The second kappa shape index (κ2) is 7.48. The summed E-state index contributed by atoms with van der Waals surface area (Å²) in [7, 11) is 0. The molecule has 0 saturated heterocycles. The molecule has 0 radical (unpaired) electrons. The van der Waals surface area contributed by atoms with E-state index >= 15 is 0 Å². The highest BCUT2D eigenvalue weighted by Gasteiger charge is 2.40. The number of rotatable bonds is 4. The number of halogens is 1. The van der Waals surface area contributed by atoms with Crippen molar-refractivity contribution in [2.75, 3.05) is 5.43 Å². The second-order valence-corrected chi connectivity index (χ2v) is 8.54. The third-order valence-electron chi connectivity index (χ3n) is 4.44. The zero-order valence-electron chi connectivity index (χ0n) is 15.6. The molecule has 2 heterocycles. The summed E-state index contributed by atoms with van der Waals surface area (Å²) in [5, 5.41) is 9.38. The van der Waals surface area contributed by atoms with Crippen molar-refractivity contribution in [2.24, 2.45) is 0 Å². The Morgan fingerprint density at radius 2 is 1.81 bits per heavy atom. The predicted octanol–water partition coefficient (Wildman–Crippen LogP) is 3.64. The van der Waals surface area contributed by atoms with Crippen molar-refractivity contribution in [1.82, 2.24) is 19.8 Å². The van der Waals surface area contributed by atoms with Crippen molar-refractivity contribution in [3.63, 3.8) is 0 Å². The number of amides is 1. The number of benzene rings is 1. The summed E-state index contributed by atoms with van der Waals surface area (Å²) in [5.74, 6) is 0.862. The molecular weight excluding hydrogens is 370 g/mol. The van der Waals surface area contributed by atoms with Crippen molar-refractivity contribution in [3.8, 4) is 0 Å². The highest BCUT2D eigenvalue weighted by molar-refractivity contribution is 8.00. The molecule has 2 atom stereocenters. The van der Waals surface area contributed by atoms with Gasteiger partial charge in [0.15, 0.2) is 0 Å². The SMILES string of the molecule is Cc1nnc2n1N[C@@H](c1ccc(Cl)cc1)[C@@H](C(=O)N(C(C)C)C(C)C)S2. The van der Waals surface area contributed by atoms with Crippen LogP contribution in [0.3, 0.4) is 0 Å². The molecule has 26 heavy (non-hydrogen) atoms. The number of fused-ring (bicyclic) bond motifs is 1. The number of nitrogens with one attached hydrogen (secondary N) is 1. The summed E-state index contributed by atoms with van der Waals surface area (Å²) in [6.45, 7) is 10.1. The largest absolute Gasteiger partial charge is 0.337 e. The first-order valence-corrected chi connectivity index (χ1v) is 9.98. The number of aromatic nitrogens is 3. The molecule has 1 amide bonds. The van der Waals surface area contributed by atoms with E-state index < -0.39 is 0 Å². The maximum atomic E-state index is 13.4. The summed E-state index contributed by atoms with van der Waals surface area (Å²) in [4.78, 5) is 15.4. The van der Waals surface area contributed by atoms with Gasteiger partial charge >= 0.3 is 0 Å². The average molecular weight is 394 g/mol. The van der Waals surface area contributed by atoms with E-state index in [0.717, 1.165) is 11.4 Å². The van der Waals surface area contributed by atoms with E-state index in [1.165, 1.54) is 11.8 Å². The summed E-state index contributed by atoms with van der Waals surface area (Å²) in [5.41, 5.74) is 4.43. The van der Waals surface area contributed by atoms with E-state index in [2.05, 4.69) is 15.6 Å². The van der Waals surface area contributed by atoms with Gasteiger partial charge in [0.2, 0.25) is 11.1 Å². The van der Waals surface area contributed by atoms with Gasteiger partial charge in [-0.3, -0.25) is 4.79 Å². The normalized spacial score (nSPS) is 19.4. The maximum absolute atomic E-state index is 13.4. The Kier molecular flexibility index (Phi) is 5.48. The van der Waals surface area contributed by atoms with Gasteiger partial charge in [0, 0.05) is 17.1 Å². The van der Waals surface area contributed by atoms with Crippen LogP contribution in [0.25, 0.3) is 0 Å². The number of nitrogens with zero attached hydrogens (tertiary/aromatic N) is 4. The van der Waals surface area contributed by atoms with Gasteiger partial charge in [-0.15, -0.1) is 10.2 Å². The fourth-order valence-electron chi connectivity index (χ4n) is 3.32. The lowest BCUT2D eigenvalue weighted by atomic mass is 10.0. The molecule has 8 heteroatoms. The Balaban J connectivity index is 2.01. The van der Waals surface area contributed by atoms with Gasteiger partial charge in [0.25, 0.3) is 0 Å². The smallest absolute Gasteiger partial charge is 0.239 e. The molecule has 0 aliphatic carbocycles. The van der Waals surface area contributed by atoms with E-state index in [-0.39, 0.29) is 29.3 Å². The van der Waals surface area contributed by atoms with Gasteiger partial charge in [-0.2, -0.15) is 0 Å². The monoisotopic (exact) mass is 393 g/mol. The summed E-state index contributed by atoms with van der Waals surface area (Å²) >= 11 is 7.50. The summed E-state index contributed by atoms with van der Waals surface area (Å²) in [6.07, 6.45) is 0. The Hall–Kier alpha value is -1.73. The molecule has 1 aliphatic heterocycles. The fourth-order valence-corrected chi connectivity index (χ4v) is 4.63. The van der Waals surface area contributed by atoms with E-state index in [1.807, 2.05) is 68.5 Å². The highest BCUT2D eigenvalue weighted by Crippen LogP contribution is 2.38. The Bertz CT molecular complexity index is 781. The quantitative estimate of drug-likeness (QED) is 0.859. The van der Waals surface area contributed by atoms with E-state index in [4.69, 9.17) is 11.6 Å². The van der Waals surface area contributed by atoms with Crippen LogP contribution in [-0.4, -0.2) is 43.0 Å². The number of carbonyl (C=O) groups excluding carboxylic acids is 1. The molecule has 1 aromatic heterocycles. The van der Waals surface area contributed by atoms with Crippen molar-refractivity contribution in [2.45, 2.75) is 63.2 Å². The van der Waals surface area contributed by atoms with Crippen LogP contribution in [0.1, 0.15) is 45.1 Å². The van der Waals surface area contributed by atoms with Crippen LogP contribution in [0.4, 0.5) is 0 Å². The summed E-state index contributed by atoms with van der Waals surface area (Å²) in [6, 6.07) is 7.66. The number of carbonyl (C=O) groups is 1. The molecule has 140 valence electrons. The molecule has 3 rings (SSSR count). The minimum absolute atomic E-state index is 0.0966. The molecule has 0 fully saturated rings. The number of aryl methyl sites for hydroxylation is 1. The average Bonchev–Trinajstić information content (AvgIpc) is 2.94. The van der Waals surface area contributed by atoms with Crippen LogP contribution in [0, 0.1) is 6.92 Å². The van der Waals surface area contributed by atoms with Gasteiger partial charge in [0.05, 0.1) is 6.04 Å². The minimum Gasteiger partial charge on any atom is -0.337 e. The first kappa shape index (κ1) is 19.0. The van der Waals surface area contributed by atoms with Gasteiger partial charge in [-0.25, -0.2) is 4.68 Å². The Morgan fingerprint density at radius 1 is 1.19 bits per heavy atom. The maximum Gasteiger partial charge on any atom is 0.239 e. The van der Waals surface area contributed by atoms with Crippen molar-refractivity contribution >= 4 is 29.3 Å². The molecule has 6 nitrogen and oxygen atoms in total. The van der Waals surface area contributed by atoms with Gasteiger partial charge < -0.3 is 10.3 Å². The van der Waals surface area contributed by atoms with Gasteiger partial charge in [-0.05, 0) is 52.3 Å². The van der Waals surface area contributed by atoms with Crippen LogP contribution in [0.2, 0.25) is 5.02 Å². The van der Waals surface area contributed by atoms with E-state index in [9.17, 15) is 4.79 Å². The van der Waals surface area contributed by atoms with Crippen LogP contribution < -0.4 is 5.43 Å². The molecule has 1 aromatic carbocycles. The van der Waals surface area contributed by atoms with Gasteiger partial charge in [-0.1, -0.05) is 35.5 Å². The van der Waals surface area contributed by atoms with E-state index in [1.54, 1.807) is 0 Å². The van der Waals surface area contributed by atoms with Gasteiger partial charge in [0.1, 0.15) is 11.1 Å². The third kappa shape index (κ3) is 3.55. The fraction of sp³-hybridized carbons (Fsp3) is 0.500. The molecular formula is C18H24ClN5OS. The highest BCUT2D eigenvalue weighted by atomic mass is 35.5. The molecule has 0 bridgehead atoms. The number of hydrogen-bond donors (Lipinski definition) is 1. The molecule has 0 saturated carbocycles. The lowest BCUT2D eigenvalue weighted by molar-refractivity contribution is -0.134. The van der Waals surface area contributed by atoms with Crippen LogP contribution in [-0.2, 0) is 4.79 Å². The molecule has 0 unspecified atom stereocenters.